The molecule has 1 N–H and O–H groups in total. The average Bonchev–Trinajstić information content (AvgIpc) is 2.98. The van der Waals surface area contributed by atoms with Crippen molar-refractivity contribution in [2.24, 2.45) is 5.41 Å². The van der Waals surface area contributed by atoms with Crippen LogP contribution >= 0.6 is 0 Å². The number of anilines is 1. The molecule has 0 aromatic heterocycles. The predicted molar refractivity (Wildman–Crippen MR) is 162 cm³/mol. The molecule has 2 fully saturated rings. The SMILES string of the molecule is Fc1cc(N2CCCC3(CCCNCCC3)C2)cc(F)c1C1c2ccc(OCc3ccccc3)cc2CCN1CC(F)(F)F. The molecule has 236 valence electrons. The summed E-state index contributed by atoms with van der Waals surface area (Å²) in [7, 11) is 0. The molecule has 44 heavy (non-hydrogen) atoms. The van der Waals surface area contributed by atoms with Crippen LogP contribution in [0.1, 0.15) is 66.8 Å². The molecule has 1 spiro atoms. The Morgan fingerprint density at radius 2 is 1.57 bits per heavy atom. The van der Waals surface area contributed by atoms with Crippen molar-refractivity contribution < 1.29 is 26.7 Å². The zero-order valence-corrected chi connectivity index (χ0v) is 24.9. The minimum atomic E-state index is -4.52. The van der Waals surface area contributed by atoms with E-state index in [9.17, 15) is 13.2 Å². The molecule has 1 atom stereocenters. The van der Waals surface area contributed by atoms with E-state index in [0.717, 1.165) is 74.2 Å². The normalized spacial score (nSPS) is 21.0. The molecule has 2 saturated heterocycles. The predicted octanol–water partition coefficient (Wildman–Crippen LogP) is 7.80. The number of halogens is 5. The van der Waals surface area contributed by atoms with Gasteiger partial charge in [0.15, 0.2) is 0 Å². The molecule has 0 saturated carbocycles. The summed E-state index contributed by atoms with van der Waals surface area (Å²) in [6.07, 6.45) is 2.14. The summed E-state index contributed by atoms with van der Waals surface area (Å²) in [6, 6.07) is 16.2. The second-order valence-electron chi connectivity index (χ2n) is 12.7. The Morgan fingerprint density at radius 1 is 0.864 bits per heavy atom. The van der Waals surface area contributed by atoms with Crippen molar-refractivity contribution in [3.63, 3.8) is 0 Å². The fourth-order valence-corrected chi connectivity index (χ4v) is 7.50. The van der Waals surface area contributed by atoms with Gasteiger partial charge in [0, 0.05) is 30.9 Å². The van der Waals surface area contributed by atoms with E-state index in [1.54, 1.807) is 18.2 Å². The summed E-state index contributed by atoms with van der Waals surface area (Å²) < 4.78 is 79.2. The number of piperidine rings is 1. The van der Waals surface area contributed by atoms with Crippen LogP contribution in [0.15, 0.2) is 60.7 Å². The van der Waals surface area contributed by atoms with Crippen LogP contribution in [0, 0.1) is 17.0 Å². The number of fused-ring (bicyclic) bond motifs is 1. The van der Waals surface area contributed by atoms with Crippen LogP contribution in [0.5, 0.6) is 5.75 Å². The first kappa shape index (κ1) is 30.8. The van der Waals surface area contributed by atoms with Gasteiger partial charge >= 0.3 is 6.18 Å². The Morgan fingerprint density at radius 3 is 2.27 bits per heavy atom. The molecule has 3 aromatic carbocycles. The van der Waals surface area contributed by atoms with Crippen molar-refractivity contribution in [2.75, 3.05) is 44.2 Å². The van der Waals surface area contributed by atoms with E-state index in [-0.39, 0.29) is 17.5 Å². The molecule has 0 aliphatic carbocycles. The van der Waals surface area contributed by atoms with Crippen molar-refractivity contribution in [1.82, 2.24) is 10.2 Å². The first-order valence-corrected chi connectivity index (χ1v) is 15.7. The van der Waals surface area contributed by atoms with Crippen LogP contribution < -0.4 is 15.0 Å². The molecule has 3 heterocycles. The number of hydrogen-bond donors (Lipinski definition) is 1. The van der Waals surface area contributed by atoms with E-state index in [1.165, 1.54) is 12.1 Å². The summed E-state index contributed by atoms with van der Waals surface area (Å²) >= 11 is 0. The van der Waals surface area contributed by atoms with Gasteiger partial charge in [-0.05, 0) is 104 Å². The number of nitrogens with zero attached hydrogens (tertiary/aromatic N) is 2. The maximum absolute atomic E-state index is 16.1. The van der Waals surface area contributed by atoms with Gasteiger partial charge in [0.1, 0.15) is 24.0 Å². The van der Waals surface area contributed by atoms with Gasteiger partial charge in [-0.1, -0.05) is 36.4 Å². The Kier molecular flexibility index (Phi) is 9.15. The Bertz CT molecular complexity index is 1400. The summed E-state index contributed by atoms with van der Waals surface area (Å²) in [5, 5.41) is 3.45. The van der Waals surface area contributed by atoms with Crippen molar-refractivity contribution in [3.8, 4) is 5.75 Å². The fraction of sp³-hybridized carbons (Fsp3) is 0.486. The van der Waals surface area contributed by atoms with Gasteiger partial charge in [-0.2, -0.15) is 13.2 Å². The standard InChI is InChI=1S/C35H40F5N3O/c36-30-20-27(42-17-6-14-34(23-42)12-4-15-41-16-5-13-34)21-31(37)32(30)33-29-10-9-28(44-22-25-7-2-1-3-8-25)19-26(29)11-18-43(33)24-35(38,39)40/h1-3,7-10,19-21,33,41H,4-6,11-18,22-24H2. The lowest BCUT2D eigenvalue weighted by molar-refractivity contribution is -0.150. The van der Waals surface area contributed by atoms with Crippen molar-refractivity contribution >= 4 is 5.69 Å². The topological polar surface area (TPSA) is 27.7 Å². The third kappa shape index (κ3) is 7.04. The first-order valence-electron chi connectivity index (χ1n) is 15.7. The van der Waals surface area contributed by atoms with Gasteiger partial charge in [0.2, 0.25) is 0 Å². The first-order chi connectivity index (χ1) is 21.2. The number of rotatable bonds is 6. The summed E-state index contributed by atoms with van der Waals surface area (Å²) in [5.41, 5.74) is 2.44. The van der Waals surface area contributed by atoms with E-state index in [0.29, 0.717) is 36.6 Å². The molecular formula is C35H40F5N3O. The molecular weight excluding hydrogens is 573 g/mol. The molecule has 6 rings (SSSR count). The van der Waals surface area contributed by atoms with Crippen LogP contribution in [0.25, 0.3) is 0 Å². The second kappa shape index (κ2) is 13.1. The highest BCUT2D eigenvalue weighted by molar-refractivity contribution is 5.53. The van der Waals surface area contributed by atoms with Gasteiger partial charge in [-0.15, -0.1) is 0 Å². The highest BCUT2D eigenvalue weighted by Crippen LogP contribution is 2.44. The van der Waals surface area contributed by atoms with Crippen molar-refractivity contribution in [3.05, 3.63) is 94.6 Å². The lowest BCUT2D eigenvalue weighted by Crippen LogP contribution is -2.45. The van der Waals surface area contributed by atoms with Gasteiger partial charge in [-0.3, -0.25) is 4.90 Å². The molecule has 1 unspecified atom stereocenters. The highest BCUT2D eigenvalue weighted by Gasteiger charge is 2.41. The molecule has 4 nitrogen and oxygen atoms in total. The third-order valence-electron chi connectivity index (χ3n) is 9.56. The number of alkyl halides is 3. The van der Waals surface area contributed by atoms with E-state index >= 15 is 8.78 Å². The van der Waals surface area contributed by atoms with E-state index < -0.39 is 30.4 Å². The molecule has 3 aromatic rings. The van der Waals surface area contributed by atoms with E-state index in [4.69, 9.17) is 4.74 Å². The Labute approximate surface area is 256 Å². The lowest BCUT2D eigenvalue weighted by Gasteiger charge is -2.45. The van der Waals surface area contributed by atoms with Gasteiger partial charge in [-0.25, -0.2) is 8.78 Å². The molecule has 9 heteroatoms. The Balaban J connectivity index is 1.29. The molecule has 3 aliphatic heterocycles. The van der Waals surface area contributed by atoms with Gasteiger partial charge in [0.25, 0.3) is 0 Å². The quantitative estimate of drug-likeness (QED) is 0.287. The average molecular weight is 614 g/mol. The largest absolute Gasteiger partial charge is 0.489 e. The van der Waals surface area contributed by atoms with Gasteiger partial charge in [0.05, 0.1) is 12.6 Å². The molecule has 0 radical (unpaired) electrons. The molecule has 0 bridgehead atoms. The van der Waals surface area contributed by atoms with Crippen molar-refractivity contribution in [1.29, 1.82) is 0 Å². The number of nitrogens with one attached hydrogen (secondary N) is 1. The monoisotopic (exact) mass is 613 g/mol. The van der Waals surface area contributed by atoms with Gasteiger partial charge < -0.3 is 15.0 Å². The number of benzene rings is 3. The van der Waals surface area contributed by atoms with Crippen LogP contribution in [0.4, 0.5) is 27.6 Å². The lowest BCUT2D eigenvalue weighted by atomic mass is 9.72. The summed E-state index contributed by atoms with van der Waals surface area (Å²) in [4.78, 5) is 3.22. The van der Waals surface area contributed by atoms with Crippen LogP contribution in [-0.2, 0) is 13.0 Å². The smallest absolute Gasteiger partial charge is 0.401 e. The third-order valence-corrected chi connectivity index (χ3v) is 9.56. The van der Waals surface area contributed by atoms with Crippen LogP contribution in [0.2, 0.25) is 0 Å². The number of hydrogen-bond acceptors (Lipinski definition) is 4. The van der Waals surface area contributed by atoms with E-state index in [1.807, 2.05) is 30.3 Å². The fourth-order valence-electron chi connectivity index (χ4n) is 7.50. The van der Waals surface area contributed by atoms with E-state index in [2.05, 4.69) is 10.2 Å². The molecule has 0 amide bonds. The zero-order valence-electron chi connectivity index (χ0n) is 24.9. The maximum Gasteiger partial charge on any atom is 0.401 e. The maximum atomic E-state index is 16.1. The minimum Gasteiger partial charge on any atom is -0.489 e. The summed E-state index contributed by atoms with van der Waals surface area (Å²) in [6.45, 7) is 2.51. The minimum absolute atomic E-state index is 0.0173. The van der Waals surface area contributed by atoms with Crippen LogP contribution in [0.3, 0.4) is 0 Å². The summed E-state index contributed by atoms with van der Waals surface area (Å²) in [5.74, 6) is -1.05. The number of ether oxygens (including phenoxy) is 1. The highest BCUT2D eigenvalue weighted by atomic mass is 19.4. The molecule has 3 aliphatic rings. The second-order valence-corrected chi connectivity index (χ2v) is 12.7. The zero-order chi connectivity index (χ0) is 30.7. The van der Waals surface area contributed by atoms with Crippen LogP contribution in [-0.4, -0.2) is 50.3 Å². The van der Waals surface area contributed by atoms with Crippen molar-refractivity contribution in [2.45, 2.75) is 63.8 Å². The Hall–Kier alpha value is -3.17.